The van der Waals surface area contributed by atoms with Crippen LogP contribution in [0.25, 0.3) is 0 Å². The summed E-state index contributed by atoms with van der Waals surface area (Å²) in [5, 5.41) is 0. The minimum absolute atomic E-state index is 0.131. The van der Waals surface area contributed by atoms with Crippen LogP contribution in [0.5, 0.6) is 0 Å². The van der Waals surface area contributed by atoms with E-state index in [4.69, 9.17) is 4.74 Å². The molecule has 0 N–H and O–H groups in total. The number of hydrogen-bond donors (Lipinski definition) is 0. The van der Waals surface area contributed by atoms with Crippen LogP contribution in [0.1, 0.15) is 32.0 Å². The van der Waals surface area contributed by atoms with E-state index in [1.165, 1.54) is 0 Å². The monoisotopic (exact) mass is 179 g/mol. The fraction of sp³-hybridized carbons (Fsp3) is 0.545. The van der Waals surface area contributed by atoms with E-state index in [1.807, 2.05) is 6.20 Å². The zero-order valence-electron chi connectivity index (χ0n) is 8.79. The van der Waals surface area contributed by atoms with Crippen LogP contribution in [0.2, 0.25) is 0 Å². The maximum atomic E-state index is 5.01. The Labute approximate surface area is 80.0 Å². The summed E-state index contributed by atoms with van der Waals surface area (Å²) in [7, 11) is 1.69. The van der Waals surface area contributed by atoms with E-state index >= 15 is 0 Å². The van der Waals surface area contributed by atoms with Crippen LogP contribution in [0.15, 0.2) is 18.3 Å². The number of methoxy groups -OCH3 is 1. The molecule has 0 radical (unpaired) electrons. The van der Waals surface area contributed by atoms with E-state index in [0.717, 1.165) is 11.3 Å². The second kappa shape index (κ2) is 3.88. The highest BCUT2D eigenvalue weighted by Gasteiger charge is 2.14. The fourth-order valence-electron chi connectivity index (χ4n) is 1.12. The number of ether oxygens (including phenoxy) is 1. The number of hydrogen-bond acceptors (Lipinski definition) is 2. The zero-order chi connectivity index (χ0) is 9.90. The lowest BCUT2D eigenvalue weighted by atomic mass is 9.91. The van der Waals surface area contributed by atoms with E-state index < -0.39 is 0 Å². The van der Waals surface area contributed by atoms with Crippen LogP contribution in [0.3, 0.4) is 0 Å². The van der Waals surface area contributed by atoms with Gasteiger partial charge in [-0.05, 0) is 11.6 Å². The number of rotatable bonds is 2. The van der Waals surface area contributed by atoms with Crippen molar-refractivity contribution < 1.29 is 4.74 Å². The van der Waals surface area contributed by atoms with Crippen LogP contribution in [0.4, 0.5) is 0 Å². The Balaban J connectivity index is 2.81. The Kier molecular flexibility index (Phi) is 3.04. The normalized spacial score (nSPS) is 11.7. The minimum atomic E-state index is 0.131. The Morgan fingerprint density at radius 2 is 2.00 bits per heavy atom. The van der Waals surface area contributed by atoms with Gasteiger partial charge < -0.3 is 4.74 Å². The summed E-state index contributed by atoms with van der Waals surface area (Å²) < 4.78 is 5.01. The molecule has 72 valence electrons. The molecule has 2 heteroatoms. The molecule has 1 heterocycles. The lowest BCUT2D eigenvalue weighted by Gasteiger charge is -2.17. The minimum Gasteiger partial charge on any atom is -0.380 e. The van der Waals surface area contributed by atoms with Crippen LogP contribution in [0, 0.1) is 0 Å². The van der Waals surface area contributed by atoms with Gasteiger partial charge in [-0.25, -0.2) is 0 Å². The SMILES string of the molecule is COCc1ccc(C(C)(C)C)nc1. The molecule has 0 saturated carbocycles. The molecule has 0 amide bonds. The molecule has 13 heavy (non-hydrogen) atoms. The van der Waals surface area contributed by atoms with Crippen molar-refractivity contribution >= 4 is 0 Å². The first-order chi connectivity index (χ1) is 6.04. The maximum absolute atomic E-state index is 5.01. The second-order valence-corrected chi connectivity index (χ2v) is 4.23. The Morgan fingerprint density at radius 1 is 1.31 bits per heavy atom. The quantitative estimate of drug-likeness (QED) is 0.696. The van der Waals surface area contributed by atoms with Crippen molar-refractivity contribution in [3.63, 3.8) is 0 Å². The van der Waals surface area contributed by atoms with Gasteiger partial charge in [-0.2, -0.15) is 0 Å². The summed E-state index contributed by atoms with van der Waals surface area (Å²) >= 11 is 0. The molecule has 0 aliphatic rings. The molecular formula is C11H17NO. The van der Waals surface area contributed by atoms with Gasteiger partial charge in [0.05, 0.1) is 6.61 Å². The van der Waals surface area contributed by atoms with Crippen molar-refractivity contribution in [3.8, 4) is 0 Å². The van der Waals surface area contributed by atoms with Crippen LogP contribution in [-0.2, 0) is 16.8 Å². The summed E-state index contributed by atoms with van der Waals surface area (Å²) in [6.07, 6.45) is 1.88. The van der Waals surface area contributed by atoms with Crippen molar-refractivity contribution in [1.29, 1.82) is 0 Å². The molecule has 0 aliphatic heterocycles. The first-order valence-corrected chi connectivity index (χ1v) is 4.48. The third kappa shape index (κ3) is 2.81. The van der Waals surface area contributed by atoms with Gasteiger partial charge in [0.25, 0.3) is 0 Å². The predicted octanol–water partition coefficient (Wildman–Crippen LogP) is 2.53. The highest BCUT2D eigenvalue weighted by molar-refractivity contribution is 5.18. The highest BCUT2D eigenvalue weighted by Crippen LogP contribution is 2.19. The highest BCUT2D eigenvalue weighted by atomic mass is 16.5. The van der Waals surface area contributed by atoms with Gasteiger partial charge in [0, 0.05) is 24.4 Å². The summed E-state index contributed by atoms with van der Waals surface area (Å²) in [6, 6.07) is 4.13. The van der Waals surface area contributed by atoms with Gasteiger partial charge in [-0.15, -0.1) is 0 Å². The predicted molar refractivity (Wildman–Crippen MR) is 53.7 cm³/mol. The average molecular weight is 179 g/mol. The first-order valence-electron chi connectivity index (χ1n) is 4.48. The molecule has 0 unspecified atom stereocenters. The molecule has 1 aromatic rings. The van der Waals surface area contributed by atoms with Gasteiger partial charge in [0.15, 0.2) is 0 Å². The molecule has 2 nitrogen and oxygen atoms in total. The Hall–Kier alpha value is -0.890. The number of pyridine rings is 1. The van der Waals surface area contributed by atoms with E-state index in [2.05, 4.69) is 37.9 Å². The van der Waals surface area contributed by atoms with E-state index in [-0.39, 0.29) is 5.41 Å². The molecule has 0 spiro atoms. The Morgan fingerprint density at radius 3 is 2.38 bits per heavy atom. The topological polar surface area (TPSA) is 22.1 Å². The van der Waals surface area contributed by atoms with Gasteiger partial charge in [0.1, 0.15) is 0 Å². The average Bonchev–Trinajstić information content (AvgIpc) is 2.04. The molecule has 0 aliphatic carbocycles. The zero-order valence-corrected chi connectivity index (χ0v) is 8.79. The standard InChI is InChI=1S/C11H17NO/c1-11(2,3)10-6-5-9(7-12-10)8-13-4/h5-7H,8H2,1-4H3. The number of nitrogens with zero attached hydrogens (tertiary/aromatic N) is 1. The largest absolute Gasteiger partial charge is 0.380 e. The molecule has 0 atom stereocenters. The van der Waals surface area contributed by atoms with Crippen LogP contribution in [-0.4, -0.2) is 12.1 Å². The molecule has 1 rings (SSSR count). The Bertz CT molecular complexity index is 258. The van der Waals surface area contributed by atoms with E-state index in [0.29, 0.717) is 6.61 Å². The number of aromatic nitrogens is 1. The van der Waals surface area contributed by atoms with Gasteiger partial charge in [-0.3, -0.25) is 4.98 Å². The van der Waals surface area contributed by atoms with Crippen molar-refractivity contribution in [2.24, 2.45) is 0 Å². The second-order valence-electron chi connectivity index (χ2n) is 4.23. The third-order valence-electron chi connectivity index (χ3n) is 1.90. The van der Waals surface area contributed by atoms with Crippen molar-refractivity contribution in [3.05, 3.63) is 29.6 Å². The lowest BCUT2D eigenvalue weighted by Crippen LogP contribution is -2.13. The van der Waals surface area contributed by atoms with Crippen molar-refractivity contribution in [1.82, 2.24) is 4.98 Å². The first kappa shape index (κ1) is 10.2. The van der Waals surface area contributed by atoms with Gasteiger partial charge in [0.2, 0.25) is 0 Å². The molecule has 0 saturated heterocycles. The summed E-state index contributed by atoms with van der Waals surface area (Å²) in [5.74, 6) is 0. The van der Waals surface area contributed by atoms with E-state index in [9.17, 15) is 0 Å². The lowest BCUT2D eigenvalue weighted by molar-refractivity contribution is 0.184. The van der Waals surface area contributed by atoms with E-state index in [1.54, 1.807) is 7.11 Å². The van der Waals surface area contributed by atoms with Crippen molar-refractivity contribution in [2.45, 2.75) is 32.8 Å². The van der Waals surface area contributed by atoms with Crippen molar-refractivity contribution in [2.75, 3.05) is 7.11 Å². The smallest absolute Gasteiger partial charge is 0.0728 e. The van der Waals surface area contributed by atoms with Gasteiger partial charge in [-0.1, -0.05) is 26.8 Å². The summed E-state index contributed by atoms with van der Waals surface area (Å²) in [4.78, 5) is 4.39. The molecule has 1 aromatic heterocycles. The fourth-order valence-corrected chi connectivity index (χ4v) is 1.12. The van der Waals surface area contributed by atoms with Crippen LogP contribution >= 0.6 is 0 Å². The third-order valence-corrected chi connectivity index (χ3v) is 1.90. The molecule has 0 bridgehead atoms. The molecule has 0 fully saturated rings. The van der Waals surface area contributed by atoms with Gasteiger partial charge >= 0.3 is 0 Å². The summed E-state index contributed by atoms with van der Waals surface area (Å²) in [6.45, 7) is 7.11. The summed E-state index contributed by atoms with van der Waals surface area (Å²) in [5.41, 5.74) is 2.37. The molecular weight excluding hydrogens is 162 g/mol. The molecule has 0 aromatic carbocycles. The van der Waals surface area contributed by atoms with Crippen LogP contribution < -0.4 is 0 Å². The maximum Gasteiger partial charge on any atom is 0.0728 e.